The highest BCUT2D eigenvalue weighted by molar-refractivity contribution is 7.89. The van der Waals surface area contributed by atoms with Crippen molar-refractivity contribution >= 4 is 33.0 Å². The van der Waals surface area contributed by atoms with E-state index >= 15 is 0 Å². The average molecular weight is 443 g/mol. The number of benzene rings is 2. The second-order valence-corrected chi connectivity index (χ2v) is 8.44. The lowest BCUT2D eigenvalue weighted by Gasteiger charge is -2.26. The van der Waals surface area contributed by atoms with Gasteiger partial charge in [0.2, 0.25) is 10.0 Å². The van der Waals surface area contributed by atoms with Crippen LogP contribution in [0, 0.1) is 0 Å². The lowest BCUT2D eigenvalue weighted by atomic mass is 10.2. The number of primary sulfonamides is 1. The summed E-state index contributed by atoms with van der Waals surface area (Å²) in [6, 6.07) is 17.8. The van der Waals surface area contributed by atoms with Gasteiger partial charge in [-0.3, -0.25) is 4.98 Å². The van der Waals surface area contributed by atoms with Crippen molar-refractivity contribution < 1.29 is 13.2 Å². The van der Waals surface area contributed by atoms with Crippen LogP contribution >= 0.6 is 12.2 Å². The van der Waals surface area contributed by atoms with Gasteiger partial charge in [-0.15, -0.1) is 0 Å². The number of ether oxygens (including phenoxy) is 1. The number of nitrogens with zero attached hydrogens (tertiary/aromatic N) is 2. The van der Waals surface area contributed by atoms with Crippen molar-refractivity contribution in [2.24, 2.45) is 5.14 Å². The third-order valence-corrected chi connectivity index (χ3v) is 5.71. The lowest BCUT2D eigenvalue weighted by molar-refractivity contribution is 0.414. The number of nitrogens with two attached hydrogens (primary N) is 1. The van der Waals surface area contributed by atoms with Crippen LogP contribution in [0.4, 0.5) is 5.69 Å². The first-order valence-electron chi connectivity index (χ1n) is 9.07. The third-order valence-electron chi connectivity index (χ3n) is 4.41. The second kappa shape index (κ2) is 9.66. The Morgan fingerprint density at radius 1 is 1.03 bits per heavy atom. The van der Waals surface area contributed by atoms with Gasteiger partial charge in [0.15, 0.2) is 5.11 Å². The molecule has 1 heterocycles. The lowest BCUT2D eigenvalue weighted by Crippen LogP contribution is -2.39. The number of sulfonamides is 1. The molecule has 0 unspecified atom stereocenters. The van der Waals surface area contributed by atoms with Crippen LogP contribution < -0.4 is 20.1 Å². The SMILES string of the molecule is COc1ccc(CN(C(=S)NCc2ccncc2)c2ccc(S(N)(=O)=O)cc2)cc1. The van der Waals surface area contributed by atoms with Crippen LogP contribution in [0.1, 0.15) is 11.1 Å². The monoisotopic (exact) mass is 442 g/mol. The highest BCUT2D eigenvalue weighted by Crippen LogP contribution is 2.21. The molecule has 0 spiro atoms. The Kier molecular flexibility index (Phi) is 6.99. The second-order valence-electron chi connectivity index (χ2n) is 6.49. The molecule has 0 aliphatic carbocycles. The van der Waals surface area contributed by atoms with Crippen LogP contribution in [0.5, 0.6) is 5.75 Å². The number of aromatic nitrogens is 1. The number of rotatable bonds is 7. The van der Waals surface area contributed by atoms with Gasteiger partial charge in [0.25, 0.3) is 0 Å². The molecular weight excluding hydrogens is 420 g/mol. The summed E-state index contributed by atoms with van der Waals surface area (Å²) in [6.45, 7) is 1.02. The quantitative estimate of drug-likeness (QED) is 0.543. The van der Waals surface area contributed by atoms with Gasteiger partial charge in [0.1, 0.15) is 5.75 Å². The minimum absolute atomic E-state index is 0.0475. The van der Waals surface area contributed by atoms with Crippen LogP contribution in [-0.2, 0) is 23.1 Å². The molecule has 1 aromatic heterocycles. The number of hydrogen-bond acceptors (Lipinski definition) is 5. The van der Waals surface area contributed by atoms with E-state index < -0.39 is 10.0 Å². The molecule has 9 heteroatoms. The summed E-state index contributed by atoms with van der Waals surface area (Å²) < 4.78 is 28.3. The van der Waals surface area contributed by atoms with Gasteiger partial charge in [0.05, 0.1) is 18.6 Å². The highest BCUT2D eigenvalue weighted by Gasteiger charge is 2.15. The fraction of sp³-hybridized carbons (Fsp3) is 0.143. The Morgan fingerprint density at radius 3 is 2.23 bits per heavy atom. The summed E-state index contributed by atoms with van der Waals surface area (Å²) in [4.78, 5) is 5.95. The van der Waals surface area contributed by atoms with Crippen molar-refractivity contribution in [2.45, 2.75) is 18.0 Å². The molecule has 156 valence electrons. The Morgan fingerprint density at radius 2 is 1.67 bits per heavy atom. The Hall–Kier alpha value is -3.01. The summed E-state index contributed by atoms with van der Waals surface area (Å²) in [6.07, 6.45) is 3.45. The van der Waals surface area contributed by atoms with E-state index in [1.54, 1.807) is 31.6 Å². The van der Waals surface area contributed by atoms with Gasteiger partial charge >= 0.3 is 0 Å². The van der Waals surface area contributed by atoms with Crippen molar-refractivity contribution in [1.29, 1.82) is 0 Å². The van der Waals surface area contributed by atoms with Crippen LogP contribution in [-0.4, -0.2) is 25.6 Å². The van der Waals surface area contributed by atoms with E-state index in [4.69, 9.17) is 22.1 Å². The van der Waals surface area contributed by atoms with Crippen LogP contribution in [0.15, 0.2) is 78.0 Å². The van der Waals surface area contributed by atoms with E-state index in [9.17, 15) is 8.42 Å². The van der Waals surface area contributed by atoms with Gasteiger partial charge in [0, 0.05) is 24.6 Å². The summed E-state index contributed by atoms with van der Waals surface area (Å²) in [5.41, 5.74) is 2.80. The van der Waals surface area contributed by atoms with Gasteiger partial charge < -0.3 is 15.0 Å². The summed E-state index contributed by atoms with van der Waals surface area (Å²) in [7, 11) is -2.15. The van der Waals surface area contributed by atoms with E-state index in [0.717, 1.165) is 22.6 Å². The molecular formula is C21H22N4O3S2. The van der Waals surface area contributed by atoms with Gasteiger partial charge in [-0.25, -0.2) is 13.6 Å². The fourth-order valence-corrected chi connectivity index (χ4v) is 3.54. The number of thiocarbonyl (C=S) groups is 1. The summed E-state index contributed by atoms with van der Waals surface area (Å²) in [5.74, 6) is 0.765. The van der Waals surface area contributed by atoms with Gasteiger partial charge in [-0.05, 0) is 71.9 Å². The molecule has 3 N–H and O–H groups in total. The maximum atomic E-state index is 11.6. The molecule has 0 saturated heterocycles. The van der Waals surface area contributed by atoms with E-state index in [1.165, 1.54) is 12.1 Å². The standard InChI is InChI=1S/C21H22N4O3S2/c1-28-19-6-2-17(3-7-19)15-25(18-4-8-20(9-5-18)30(22,26)27)21(29)24-14-16-10-12-23-13-11-16/h2-13H,14-15H2,1H3,(H,24,29)(H2,22,26,27). The zero-order valence-corrected chi connectivity index (χ0v) is 18.0. The molecule has 0 atom stereocenters. The zero-order valence-electron chi connectivity index (χ0n) is 16.4. The third kappa shape index (κ3) is 5.76. The number of pyridine rings is 1. The molecule has 2 aromatic carbocycles. The largest absolute Gasteiger partial charge is 0.497 e. The van der Waals surface area contributed by atoms with E-state index in [-0.39, 0.29) is 4.90 Å². The normalized spacial score (nSPS) is 11.0. The molecule has 0 fully saturated rings. The molecule has 30 heavy (non-hydrogen) atoms. The molecule has 3 aromatic rings. The number of methoxy groups -OCH3 is 1. The zero-order chi connectivity index (χ0) is 21.6. The van der Waals surface area contributed by atoms with Crippen LogP contribution in [0.2, 0.25) is 0 Å². The Balaban J connectivity index is 1.83. The minimum atomic E-state index is -3.77. The van der Waals surface area contributed by atoms with Crippen molar-refractivity contribution in [3.8, 4) is 5.75 Å². The molecule has 0 bridgehead atoms. The van der Waals surface area contributed by atoms with E-state index in [0.29, 0.717) is 18.2 Å². The maximum Gasteiger partial charge on any atom is 0.238 e. The van der Waals surface area contributed by atoms with Crippen molar-refractivity contribution in [3.05, 3.63) is 84.2 Å². The molecule has 0 saturated carbocycles. The average Bonchev–Trinajstić information content (AvgIpc) is 2.76. The predicted octanol–water partition coefficient (Wildman–Crippen LogP) is 2.82. The smallest absolute Gasteiger partial charge is 0.238 e. The number of anilines is 1. The fourth-order valence-electron chi connectivity index (χ4n) is 2.78. The van der Waals surface area contributed by atoms with Gasteiger partial charge in [-0.1, -0.05) is 12.1 Å². The van der Waals surface area contributed by atoms with Crippen LogP contribution in [0.25, 0.3) is 0 Å². The highest BCUT2D eigenvalue weighted by atomic mass is 32.2. The predicted molar refractivity (Wildman–Crippen MR) is 121 cm³/mol. The van der Waals surface area contributed by atoms with Crippen molar-refractivity contribution in [2.75, 3.05) is 12.0 Å². The first-order chi connectivity index (χ1) is 14.4. The first-order valence-corrected chi connectivity index (χ1v) is 11.0. The minimum Gasteiger partial charge on any atom is -0.497 e. The van der Waals surface area contributed by atoms with Gasteiger partial charge in [-0.2, -0.15) is 0 Å². The molecule has 3 rings (SSSR count). The van der Waals surface area contributed by atoms with Crippen molar-refractivity contribution in [1.82, 2.24) is 10.3 Å². The van der Waals surface area contributed by atoms with E-state index in [1.807, 2.05) is 41.3 Å². The summed E-state index contributed by atoms with van der Waals surface area (Å²) >= 11 is 5.64. The Bertz CT molecular complexity index is 1090. The van der Waals surface area contributed by atoms with Crippen molar-refractivity contribution in [3.63, 3.8) is 0 Å². The number of nitrogens with one attached hydrogen (secondary N) is 1. The molecule has 0 amide bonds. The molecule has 0 radical (unpaired) electrons. The number of hydrogen-bond donors (Lipinski definition) is 2. The van der Waals surface area contributed by atoms with Crippen LogP contribution in [0.3, 0.4) is 0 Å². The molecule has 0 aliphatic heterocycles. The Labute approximate surface area is 181 Å². The van der Waals surface area contributed by atoms with E-state index in [2.05, 4.69) is 10.3 Å². The summed E-state index contributed by atoms with van der Waals surface area (Å²) in [5, 5.41) is 8.96. The topological polar surface area (TPSA) is 97.5 Å². The molecule has 0 aliphatic rings. The first kappa shape index (κ1) is 21.7. The maximum absolute atomic E-state index is 11.6. The molecule has 7 nitrogen and oxygen atoms in total.